The molecule has 0 aliphatic carbocycles. The van der Waals surface area contributed by atoms with Gasteiger partial charge in [0.25, 0.3) is 5.91 Å². The average molecular weight is 397 g/mol. The average Bonchev–Trinajstić information content (AvgIpc) is 2.79. The second-order valence-corrected chi connectivity index (χ2v) is 7.25. The molecule has 0 bridgehead atoms. The summed E-state index contributed by atoms with van der Waals surface area (Å²) >= 11 is 0. The van der Waals surface area contributed by atoms with Crippen molar-refractivity contribution in [1.29, 1.82) is 0 Å². The van der Waals surface area contributed by atoms with Crippen molar-refractivity contribution in [1.82, 2.24) is 14.9 Å². The highest BCUT2D eigenvalue weighted by Gasteiger charge is 2.26. The van der Waals surface area contributed by atoms with E-state index in [4.69, 9.17) is 14.5 Å². The summed E-state index contributed by atoms with van der Waals surface area (Å²) in [6.07, 6.45) is 0. The first-order chi connectivity index (χ1) is 14.2. The maximum Gasteiger partial charge on any atom is 0.257 e. The van der Waals surface area contributed by atoms with Crippen LogP contribution in [-0.4, -0.2) is 80.4 Å². The second kappa shape index (κ2) is 8.65. The number of morpholine rings is 1. The highest BCUT2D eigenvalue weighted by atomic mass is 16.5. The van der Waals surface area contributed by atoms with Crippen LogP contribution in [0.4, 0.5) is 11.8 Å². The molecule has 29 heavy (non-hydrogen) atoms. The number of amides is 1. The number of nitrogens with zero attached hydrogens (tertiary/aromatic N) is 5. The smallest absolute Gasteiger partial charge is 0.257 e. The molecule has 3 heterocycles. The lowest BCUT2D eigenvalue weighted by Gasteiger charge is -2.35. The lowest BCUT2D eigenvalue weighted by Crippen LogP contribution is -2.49. The zero-order valence-corrected chi connectivity index (χ0v) is 17.0. The molecule has 0 spiro atoms. The molecule has 0 radical (unpaired) electrons. The van der Waals surface area contributed by atoms with Crippen molar-refractivity contribution >= 4 is 17.7 Å². The van der Waals surface area contributed by atoms with Gasteiger partial charge in [0.1, 0.15) is 11.6 Å². The molecule has 0 unspecified atom stereocenters. The van der Waals surface area contributed by atoms with Crippen LogP contribution in [0.3, 0.4) is 0 Å². The molecule has 8 heteroatoms. The molecule has 1 aromatic heterocycles. The van der Waals surface area contributed by atoms with Crippen LogP contribution in [0.1, 0.15) is 16.1 Å². The Kier molecular flexibility index (Phi) is 5.80. The van der Waals surface area contributed by atoms with Crippen LogP contribution in [0.25, 0.3) is 0 Å². The number of ether oxygens (including phenoxy) is 2. The molecule has 0 atom stereocenters. The van der Waals surface area contributed by atoms with Gasteiger partial charge in [-0.2, -0.15) is 4.98 Å². The number of carbonyl (C=O) groups excluding carboxylic acids is 1. The molecule has 4 rings (SSSR count). The van der Waals surface area contributed by atoms with E-state index in [0.717, 1.165) is 43.8 Å². The molecule has 2 aromatic rings. The minimum absolute atomic E-state index is 0.00117. The van der Waals surface area contributed by atoms with Crippen LogP contribution >= 0.6 is 0 Å². The Morgan fingerprint density at radius 2 is 1.72 bits per heavy atom. The van der Waals surface area contributed by atoms with Crippen molar-refractivity contribution in [3.8, 4) is 5.75 Å². The number of rotatable bonds is 4. The Morgan fingerprint density at radius 3 is 2.45 bits per heavy atom. The van der Waals surface area contributed by atoms with Crippen LogP contribution in [0.5, 0.6) is 5.75 Å². The van der Waals surface area contributed by atoms with E-state index in [-0.39, 0.29) is 5.91 Å². The summed E-state index contributed by atoms with van der Waals surface area (Å²) in [6, 6.07) is 9.38. The van der Waals surface area contributed by atoms with Crippen molar-refractivity contribution in [2.75, 3.05) is 69.4 Å². The van der Waals surface area contributed by atoms with E-state index >= 15 is 0 Å². The van der Waals surface area contributed by atoms with Crippen LogP contribution < -0.4 is 14.5 Å². The van der Waals surface area contributed by atoms with E-state index in [1.165, 1.54) is 0 Å². The normalized spacial score (nSPS) is 17.4. The van der Waals surface area contributed by atoms with Gasteiger partial charge in [0, 0.05) is 51.0 Å². The topological polar surface area (TPSA) is 71.0 Å². The Labute approximate surface area is 171 Å². The fourth-order valence-corrected chi connectivity index (χ4v) is 3.73. The van der Waals surface area contributed by atoms with Gasteiger partial charge in [0.15, 0.2) is 0 Å². The number of para-hydroxylation sites is 1. The van der Waals surface area contributed by atoms with Crippen molar-refractivity contribution in [3.63, 3.8) is 0 Å². The van der Waals surface area contributed by atoms with E-state index in [0.29, 0.717) is 37.5 Å². The fraction of sp³-hybridized carbons (Fsp3) is 0.476. The number of benzene rings is 1. The standard InChI is InChI=1S/C21H27N5O3/c1-16-15-19(24-11-13-29-14-12-24)23-21(22-16)26-9-7-25(8-10-26)20(27)17-5-3-4-6-18(17)28-2/h3-6,15H,7-14H2,1-2H3. The largest absolute Gasteiger partial charge is 0.496 e. The number of aromatic nitrogens is 2. The number of anilines is 2. The van der Waals surface area contributed by atoms with E-state index < -0.39 is 0 Å². The Bertz CT molecular complexity index is 861. The second-order valence-electron chi connectivity index (χ2n) is 7.25. The molecule has 154 valence electrons. The van der Waals surface area contributed by atoms with Gasteiger partial charge in [-0.25, -0.2) is 4.98 Å². The van der Waals surface area contributed by atoms with Gasteiger partial charge >= 0.3 is 0 Å². The minimum atomic E-state index is 0.00117. The van der Waals surface area contributed by atoms with E-state index in [2.05, 4.69) is 14.8 Å². The summed E-state index contributed by atoms with van der Waals surface area (Å²) in [7, 11) is 1.59. The number of piperazine rings is 1. The zero-order chi connectivity index (χ0) is 20.2. The minimum Gasteiger partial charge on any atom is -0.496 e. The van der Waals surface area contributed by atoms with Crippen LogP contribution in [0.15, 0.2) is 30.3 Å². The van der Waals surface area contributed by atoms with Gasteiger partial charge in [-0.3, -0.25) is 4.79 Å². The quantitative estimate of drug-likeness (QED) is 0.776. The van der Waals surface area contributed by atoms with Crippen LogP contribution in [-0.2, 0) is 4.74 Å². The van der Waals surface area contributed by atoms with E-state index in [1.807, 2.05) is 42.2 Å². The Balaban J connectivity index is 1.44. The highest BCUT2D eigenvalue weighted by Crippen LogP contribution is 2.22. The Hall–Kier alpha value is -2.87. The summed E-state index contributed by atoms with van der Waals surface area (Å²) in [5.74, 6) is 2.29. The summed E-state index contributed by atoms with van der Waals surface area (Å²) < 4.78 is 10.8. The molecule has 0 N–H and O–H groups in total. The molecular formula is C21H27N5O3. The number of methoxy groups -OCH3 is 1. The SMILES string of the molecule is COc1ccccc1C(=O)N1CCN(c2nc(C)cc(N3CCOCC3)n2)CC1. The van der Waals surface area contributed by atoms with E-state index in [9.17, 15) is 4.79 Å². The van der Waals surface area contributed by atoms with Gasteiger partial charge in [-0.05, 0) is 19.1 Å². The van der Waals surface area contributed by atoms with Gasteiger partial charge in [0.05, 0.1) is 25.9 Å². The van der Waals surface area contributed by atoms with Gasteiger partial charge in [-0.1, -0.05) is 12.1 Å². The highest BCUT2D eigenvalue weighted by molar-refractivity contribution is 5.97. The first-order valence-corrected chi connectivity index (χ1v) is 10.0. The molecule has 2 fully saturated rings. The first kappa shape index (κ1) is 19.4. The fourth-order valence-electron chi connectivity index (χ4n) is 3.73. The first-order valence-electron chi connectivity index (χ1n) is 10.0. The summed E-state index contributed by atoms with van der Waals surface area (Å²) in [4.78, 5) is 28.6. The number of aryl methyl sites for hydroxylation is 1. The van der Waals surface area contributed by atoms with Crippen molar-refractivity contribution in [2.24, 2.45) is 0 Å². The summed E-state index contributed by atoms with van der Waals surface area (Å²) in [5.41, 5.74) is 1.55. The zero-order valence-electron chi connectivity index (χ0n) is 17.0. The summed E-state index contributed by atoms with van der Waals surface area (Å²) in [5, 5.41) is 0. The molecular weight excluding hydrogens is 370 g/mol. The molecule has 2 aliphatic heterocycles. The predicted molar refractivity (Wildman–Crippen MR) is 111 cm³/mol. The van der Waals surface area contributed by atoms with Crippen molar-refractivity contribution in [3.05, 3.63) is 41.6 Å². The van der Waals surface area contributed by atoms with Crippen molar-refractivity contribution in [2.45, 2.75) is 6.92 Å². The van der Waals surface area contributed by atoms with Crippen molar-refractivity contribution < 1.29 is 14.3 Å². The third kappa shape index (κ3) is 4.27. The lowest BCUT2D eigenvalue weighted by atomic mass is 10.1. The molecule has 1 aromatic carbocycles. The van der Waals surface area contributed by atoms with Crippen LogP contribution in [0, 0.1) is 6.92 Å². The predicted octanol–water partition coefficient (Wildman–Crippen LogP) is 1.59. The third-order valence-corrected chi connectivity index (χ3v) is 5.35. The third-order valence-electron chi connectivity index (χ3n) is 5.35. The Morgan fingerprint density at radius 1 is 1.00 bits per heavy atom. The lowest BCUT2D eigenvalue weighted by molar-refractivity contribution is 0.0743. The van der Waals surface area contributed by atoms with Gasteiger partial charge < -0.3 is 24.2 Å². The maximum atomic E-state index is 12.9. The molecule has 0 saturated carbocycles. The maximum absolute atomic E-state index is 12.9. The molecule has 8 nitrogen and oxygen atoms in total. The number of hydrogen-bond acceptors (Lipinski definition) is 7. The number of carbonyl (C=O) groups is 1. The molecule has 1 amide bonds. The molecule has 2 saturated heterocycles. The molecule has 2 aliphatic rings. The monoisotopic (exact) mass is 397 g/mol. The van der Waals surface area contributed by atoms with Gasteiger partial charge in [-0.15, -0.1) is 0 Å². The van der Waals surface area contributed by atoms with Crippen LogP contribution in [0.2, 0.25) is 0 Å². The summed E-state index contributed by atoms with van der Waals surface area (Å²) in [6.45, 7) is 7.79. The van der Waals surface area contributed by atoms with Gasteiger partial charge in [0.2, 0.25) is 5.95 Å². The van der Waals surface area contributed by atoms with E-state index in [1.54, 1.807) is 7.11 Å². The number of hydrogen-bond donors (Lipinski definition) is 0.